The zero-order valence-corrected chi connectivity index (χ0v) is 22.0. The number of carbonyl (C=O) groups excluding carboxylic acids is 1. The Morgan fingerprint density at radius 3 is 2.53 bits per heavy atom. The Hall–Kier alpha value is -2.25. The molecule has 0 saturated carbocycles. The summed E-state index contributed by atoms with van der Waals surface area (Å²) in [7, 11) is 2.98. The lowest BCUT2D eigenvalue weighted by molar-refractivity contribution is -0.197. The number of hydrogen-bond donors (Lipinski definition) is 3. The van der Waals surface area contributed by atoms with Crippen LogP contribution in [0.5, 0.6) is 0 Å². The number of nitrogens with zero attached hydrogens (tertiary/aromatic N) is 5. The number of amides is 1. The molecular weight excluding hydrogens is 490 g/mol. The molecular formula is C23H38ClN7O5. The Kier molecular flexibility index (Phi) is 8.36. The lowest BCUT2D eigenvalue weighted by Crippen LogP contribution is -2.59. The highest BCUT2D eigenvalue weighted by Crippen LogP contribution is 2.44. The molecule has 0 aromatic carbocycles. The molecule has 3 atom stereocenters. The van der Waals surface area contributed by atoms with Gasteiger partial charge in [-0.1, -0.05) is 6.42 Å². The first kappa shape index (κ1) is 28.3. The van der Waals surface area contributed by atoms with Gasteiger partial charge in [0.25, 0.3) is 5.56 Å². The predicted molar refractivity (Wildman–Crippen MR) is 137 cm³/mol. The minimum absolute atomic E-state index is 0. The van der Waals surface area contributed by atoms with Crippen molar-refractivity contribution in [3.63, 3.8) is 0 Å². The summed E-state index contributed by atoms with van der Waals surface area (Å²) in [5.74, 6) is -0.0522. The largest absolute Gasteiger partial charge is 0.388 e. The van der Waals surface area contributed by atoms with E-state index in [9.17, 15) is 19.5 Å². The molecule has 2 fully saturated rings. The number of imidazole rings is 1. The molecule has 2 aromatic heterocycles. The summed E-state index contributed by atoms with van der Waals surface area (Å²) in [6, 6.07) is -1.08. The van der Waals surface area contributed by atoms with Gasteiger partial charge in [0.05, 0.1) is 36.2 Å². The van der Waals surface area contributed by atoms with Crippen LogP contribution in [-0.2, 0) is 23.6 Å². The van der Waals surface area contributed by atoms with Crippen LogP contribution in [0.3, 0.4) is 0 Å². The molecule has 0 aliphatic carbocycles. The molecule has 1 spiro atoms. The molecule has 0 bridgehead atoms. The molecule has 2 aromatic rings. The highest BCUT2D eigenvalue weighted by Gasteiger charge is 2.50. The van der Waals surface area contributed by atoms with Crippen molar-refractivity contribution in [1.82, 2.24) is 23.6 Å². The number of unbranched alkanes of at least 4 members (excludes halogenated alkanes) is 1. The van der Waals surface area contributed by atoms with E-state index >= 15 is 0 Å². The molecule has 12 nitrogen and oxygen atoms in total. The van der Waals surface area contributed by atoms with Crippen LogP contribution in [0.4, 0.5) is 0 Å². The highest BCUT2D eigenvalue weighted by atomic mass is 35.5. The van der Waals surface area contributed by atoms with Gasteiger partial charge >= 0.3 is 5.69 Å². The molecule has 36 heavy (non-hydrogen) atoms. The number of fused-ring (bicyclic) bond motifs is 1. The normalized spacial score (nSPS) is 24.6. The summed E-state index contributed by atoms with van der Waals surface area (Å²) < 4.78 is 10.3. The first-order valence-electron chi connectivity index (χ1n) is 12.2. The Balaban J connectivity index is 0.00000361. The zero-order valence-electron chi connectivity index (χ0n) is 21.2. The first-order valence-corrected chi connectivity index (χ1v) is 12.2. The average Bonchev–Trinajstić information content (AvgIpc) is 3.25. The number of nitrogens with two attached hydrogens (primary N) is 2. The van der Waals surface area contributed by atoms with Gasteiger partial charge in [0, 0.05) is 33.6 Å². The maximum Gasteiger partial charge on any atom is 0.332 e. The Morgan fingerprint density at radius 1 is 1.25 bits per heavy atom. The molecule has 1 amide bonds. The first-order chi connectivity index (χ1) is 16.5. The Labute approximate surface area is 215 Å². The van der Waals surface area contributed by atoms with Crippen LogP contribution in [0.1, 0.15) is 51.5 Å². The van der Waals surface area contributed by atoms with Crippen molar-refractivity contribution >= 4 is 29.5 Å². The number of aryl methyl sites for hydroxylation is 1. The predicted octanol–water partition coefficient (Wildman–Crippen LogP) is -0.615. The summed E-state index contributed by atoms with van der Waals surface area (Å²) in [6.45, 7) is 3.54. The van der Waals surface area contributed by atoms with Crippen LogP contribution in [0.25, 0.3) is 11.2 Å². The van der Waals surface area contributed by atoms with Gasteiger partial charge in [0.15, 0.2) is 11.2 Å². The SMILES string of the molecule is Cl.Cn1c(=O)c2c(ncn2[C@@H]2COC3(CCN(C(=O)[C@@H](N)CCCCN)CC3)C[C@@]2(C)O)n(C)c1=O. The summed E-state index contributed by atoms with van der Waals surface area (Å²) in [6.07, 6.45) is 5.32. The van der Waals surface area contributed by atoms with Gasteiger partial charge in [-0.05, 0) is 39.2 Å². The molecule has 0 radical (unpaired) electrons. The van der Waals surface area contributed by atoms with E-state index in [0.717, 1.165) is 17.4 Å². The van der Waals surface area contributed by atoms with E-state index in [1.807, 2.05) is 0 Å². The van der Waals surface area contributed by atoms with Gasteiger partial charge in [0.1, 0.15) is 0 Å². The number of aromatic nitrogens is 4. The van der Waals surface area contributed by atoms with Crippen molar-refractivity contribution in [2.75, 3.05) is 26.2 Å². The van der Waals surface area contributed by atoms with Gasteiger partial charge in [-0.2, -0.15) is 0 Å². The molecule has 2 aliphatic heterocycles. The third-order valence-electron chi connectivity index (χ3n) is 7.73. The zero-order chi connectivity index (χ0) is 25.5. The molecule has 0 unspecified atom stereocenters. The monoisotopic (exact) mass is 527 g/mol. The molecule has 5 N–H and O–H groups in total. The fourth-order valence-electron chi connectivity index (χ4n) is 5.56. The second-order valence-electron chi connectivity index (χ2n) is 10.3. The van der Waals surface area contributed by atoms with Gasteiger partial charge < -0.3 is 30.8 Å². The second-order valence-corrected chi connectivity index (χ2v) is 10.3. The summed E-state index contributed by atoms with van der Waals surface area (Å²) in [5, 5.41) is 11.5. The van der Waals surface area contributed by atoms with Crippen LogP contribution in [-0.4, -0.2) is 78.1 Å². The lowest BCUT2D eigenvalue weighted by Gasteiger charge is -2.51. The van der Waals surface area contributed by atoms with E-state index in [1.165, 1.54) is 17.9 Å². The van der Waals surface area contributed by atoms with Crippen LogP contribution < -0.4 is 22.7 Å². The van der Waals surface area contributed by atoms with E-state index in [2.05, 4.69) is 4.98 Å². The van der Waals surface area contributed by atoms with Crippen molar-refractivity contribution in [3.8, 4) is 0 Å². The fraction of sp³-hybridized carbons (Fsp3) is 0.739. The number of piperidine rings is 1. The summed E-state index contributed by atoms with van der Waals surface area (Å²) >= 11 is 0. The van der Waals surface area contributed by atoms with Crippen molar-refractivity contribution in [2.24, 2.45) is 25.6 Å². The highest BCUT2D eigenvalue weighted by molar-refractivity contribution is 5.85. The topological polar surface area (TPSA) is 164 Å². The van der Waals surface area contributed by atoms with E-state index in [1.54, 1.807) is 23.4 Å². The van der Waals surface area contributed by atoms with Crippen molar-refractivity contribution < 1.29 is 14.6 Å². The molecule has 2 aliphatic rings. The van der Waals surface area contributed by atoms with Crippen LogP contribution >= 0.6 is 12.4 Å². The average molecular weight is 528 g/mol. The maximum absolute atomic E-state index is 12.9. The van der Waals surface area contributed by atoms with Crippen LogP contribution in [0.2, 0.25) is 0 Å². The van der Waals surface area contributed by atoms with Crippen molar-refractivity contribution in [1.29, 1.82) is 0 Å². The minimum Gasteiger partial charge on any atom is -0.388 e. The molecule has 2 saturated heterocycles. The van der Waals surface area contributed by atoms with Gasteiger partial charge in [-0.25, -0.2) is 9.78 Å². The number of rotatable bonds is 6. The summed E-state index contributed by atoms with van der Waals surface area (Å²) in [5.41, 5.74) is 9.46. The minimum atomic E-state index is -1.20. The van der Waals surface area contributed by atoms with Crippen molar-refractivity contribution in [3.05, 3.63) is 27.2 Å². The number of carbonyl (C=O) groups is 1. The van der Waals surface area contributed by atoms with E-state index in [0.29, 0.717) is 45.3 Å². The van der Waals surface area contributed by atoms with Gasteiger partial charge in [-0.15, -0.1) is 12.4 Å². The fourth-order valence-corrected chi connectivity index (χ4v) is 5.56. The molecule has 13 heteroatoms. The number of aliphatic hydroxyl groups is 1. The molecule has 202 valence electrons. The van der Waals surface area contributed by atoms with Crippen LogP contribution in [0.15, 0.2) is 15.9 Å². The van der Waals surface area contributed by atoms with Gasteiger partial charge in [-0.3, -0.25) is 18.7 Å². The number of hydrogen-bond acceptors (Lipinski definition) is 8. The van der Waals surface area contributed by atoms with Crippen molar-refractivity contribution in [2.45, 2.75) is 68.7 Å². The van der Waals surface area contributed by atoms with E-state index in [4.69, 9.17) is 16.2 Å². The third kappa shape index (κ3) is 4.97. The van der Waals surface area contributed by atoms with E-state index < -0.39 is 34.5 Å². The number of halogens is 1. The number of ether oxygens (including phenoxy) is 1. The number of likely N-dealkylation sites (tertiary alicyclic amines) is 1. The third-order valence-corrected chi connectivity index (χ3v) is 7.73. The molecule has 4 rings (SSSR count). The summed E-state index contributed by atoms with van der Waals surface area (Å²) in [4.78, 5) is 44.0. The van der Waals surface area contributed by atoms with Crippen LogP contribution in [0, 0.1) is 0 Å². The Bertz CT molecular complexity index is 1210. The Morgan fingerprint density at radius 2 is 1.92 bits per heavy atom. The smallest absolute Gasteiger partial charge is 0.332 e. The standard InChI is InChI=1S/C23H37N7O5.ClH/c1-22(34)13-23(7-10-29(11-8-23)19(31)15(25)6-4-5-9-24)35-12-16(22)30-14-26-18-17(30)20(32)28(3)21(33)27(18)2;/h14-16,34H,4-13,24-25H2,1-3H3;1H/t15-,16+,22+;/m0./s1. The van der Waals surface area contributed by atoms with E-state index in [-0.39, 0.29) is 36.1 Å². The maximum atomic E-state index is 12.9. The molecule has 4 heterocycles. The second kappa shape index (κ2) is 10.6. The quantitative estimate of drug-likeness (QED) is 0.418. The van der Waals surface area contributed by atoms with Gasteiger partial charge in [0.2, 0.25) is 5.91 Å². The lowest BCUT2D eigenvalue weighted by atomic mass is 9.75.